The summed E-state index contributed by atoms with van der Waals surface area (Å²) in [5, 5.41) is 14.7. The highest BCUT2D eigenvalue weighted by atomic mass is 16.3. The molecule has 1 heterocycles. The van der Waals surface area contributed by atoms with Crippen molar-refractivity contribution >= 4 is 0 Å². The van der Waals surface area contributed by atoms with E-state index in [2.05, 4.69) is 5.10 Å². The number of nitrogens with zero attached hydrogens (tertiary/aromatic N) is 2. The summed E-state index contributed by atoms with van der Waals surface area (Å²) in [4.78, 5) is 0. The summed E-state index contributed by atoms with van der Waals surface area (Å²) < 4.78 is 1.64. The second kappa shape index (κ2) is 4.08. The summed E-state index contributed by atoms with van der Waals surface area (Å²) in [6.07, 6.45) is 1.65. The van der Waals surface area contributed by atoms with Crippen molar-refractivity contribution in [3.05, 3.63) is 53.9 Å². The fourth-order valence-corrected chi connectivity index (χ4v) is 1.86. The van der Waals surface area contributed by atoms with E-state index in [0.29, 0.717) is 5.69 Å². The summed E-state index contributed by atoms with van der Waals surface area (Å²) in [6, 6.07) is 11.2. The molecule has 1 atom stereocenters. The normalized spacial score (nSPS) is 14.7. The lowest BCUT2D eigenvalue weighted by molar-refractivity contribution is 0.0812. The Balaban J connectivity index is 2.53. The zero-order chi connectivity index (χ0) is 11.6. The number of aliphatic hydroxyl groups is 1. The maximum absolute atomic E-state index is 10.6. The molecule has 16 heavy (non-hydrogen) atoms. The fourth-order valence-electron chi connectivity index (χ4n) is 1.86. The van der Waals surface area contributed by atoms with Crippen LogP contribution in [-0.4, -0.2) is 21.4 Å². The molecule has 1 aromatic carbocycles. The van der Waals surface area contributed by atoms with Crippen LogP contribution in [0.15, 0.2) is 42.6 Å². The van der Waals surface area contributed by atoms with E-state index in [1.807, 2.05) is 30.3 Å². The van der Waals surface area contributed by atoms with Crippen molar-refractivity contribution in [2.75, 3.05) is 6.54 Å². The van der Waals surface area contributed by atoms with E-state index >= 15 is 0 Å². The summed E-state index contributed by atoms with van der Waals surface area (Å²) in [6.45, 7) is 0.122. The predicted octanol–water partition coefficient (Wildman–Crippen LogP) is 0.615. The minimum atomic E-state index is -1.17. The van der Waals surface area contributed by atoms with Crippen LogP contribution in [0.25, 0.3) is 0 Å². The lowest BCUT2D eigenvalue weighted by Gasteiger charge is -2.27. The third kappa shape index (κ3) is 1.62. The molecule has 0 saturated heterocycles. The number of nitrogens with two attached hydrogens (primary N) is 1. The van der Waals surface area contributed by atoms with Crippen molar-refractivity contribution in [2.45, 2.75) is 5.60 Å². The van der Waals surface area contributed by atoms with Crippen molar-refractivity contribution in [3.8, 4) is 0 Å². The van der Waals surface area contributed by atoms with Crippen LogP contribution in [0.1, 0.15) is 11.3 Å². The lowest BCUT2D eigenvalue weighted by atomic mass is 9.90. The average molecular weight is 217 g/mol. The molecule has 0 radical (unpaired) electrons. The number of rotatable bonds is 3. The minimum Gasteiger partial charge on any atom is -0.377 e. The van der Waals surface area contributed by atoms with E-state index in [1.165, 1.54) is 0 Å². The summed E-state index contributed by atoms with van der Waals surface area (Å²) in [5.74, 6) is 0. The van der Waals surface area contributed by atoms with Crippen molar-refractivity contribution in [3.63, 3.8) is 0 Å². The van der Waals surface area contributed by atoms with Crippen molar-refractivity contribution in [1.29, 1.82) is 0 Å². The van der Waals surface area contributed by atoms with Gasteiger partial charge in [0, 0.05) is 19.8 Å². The van der Waals surface area contributed by atoms with Gasteiger partial charge in [-0.15, -0.1) is 0 Å². The molecule has 1 aromatic heterocycles. The SMILES string of the molecule is Cn1nccc1C(O)(CN)c1ccccc1. The average Bonchev–Trinajstić information content (AvgIpc) is 2.76. The first-order valence-corrected chi connectivity index (χ1v) is 5.15. The molecule has 0 spiro atoms. The quantitative estimate of drug-likeness (QED) is 0.792. The van der Waals surface area contributed by atoms with Gasteiger partial charge in [0.15, 0.2) is 0 Å². The Hall–Kier alpha value is -1.65. The largest absolute Gasteiger partial charge is 0.377 e. The molecular weight excluding hydrogens is 202 g/mol. The number of aromatic nitrogens is 2. The zero-order valence-corrected chi connectivity index (χ0v) is 9.17. The molecule has 2 aromatic rings. The van der Waals surface area contributed by atoms with E-state index in [9.17, 15) is 5.11 Å². The summed E-state index contributed by atoms with van der Waals surface area (Å²) in [7, 11) is 1.79. The van der Waals surface area contributed by atoms with Gasteiger partial charge in [0.1, 0.15) is 5.60 Å². The number of benzene rings is 1. The molecule has 0 fully saturated rings. The van der Waals surface area contributed by atoms with Gasteiger partial charge in [-0.3, -0.25) is 4.68 Å². The molecule has 2 rings (SSSR count). The molecule has 3 N–H and O–H groups in total. The Morgan fingerprint density at radius 3 is 2.50 bits per heavy atom. The van der Waals surface area contributed by atoms with Crippen LogP contribution in [0.4, 0.5) is 0 Å². The molecule has 4 nitrogen and oxygen atoms in total. The fraction of sp³-hybridized carbons (Fsp3) is 0.250. The Morgan fingerprint density at radius 1 is 1.31 bits per heavy atom. The van der Waals surface area contributed by atoms with Gasteiger partial charge in [0.05, 0.1) is 5.69 Å². The third-order valence-electron chi connectivity index (χ3n) is 2.79. The topological polar surface area (TPSA) is 64.1 Å². The van der Waals surface area contributed by atoms with Crippen LogP contribution >= 0.6 is 0 Å². The van der Waals surface area contributed by atoms with E-state index in [1.54, 1.807) is 24.0 Å². The molecule has 1 unspecified atom stereocenters. The predicted molar refractivity (Wildman–Crippen MR) is 61.7 cm³/mol. The monoisotopic (exact) mass is 217 g/mol. The van der Waals surface area contributed by atoms with Crippen LogP contribution in [0.2, 0.25) is 0 Å². The number of hydrogen-bond acceptors (Lipinski definition) is 3. The van der Waals surface area contributed by atoms with Gasteiger partial charge < -0.3 is 10.8 Å². The minimum absolute atomic E-state index is 0.122. The van der Waals surface area contributed by atoms with Crippen LogP contribution < -0.4 is 5.73 Å². The highest BCUT2D eigenvalue weighted by Gasteiger charge is 2.32. The van der Waals surface area contributed by atoms with Gasteiger partial charge in [-0.25, -0.2) is 0 Å². The second-order valence-corrected chi connectivity index (χ2v) is 3.77. The standard InChI is InChI=1S/C12H15N3O/c1-15-11(7-8-14-15)12(16,9-13)10-5-3-2-4-6-10/h2-8,16H,9,13H2,1H3. The number of hydrogen-bond donors (Lipinski definition) is 2. The van der Waals surface area contributed by atoms with Gasteiger partial charge in [0.25, 0.3) is 0 Å². The van der Waals surface area contributed by atoms with Crippen molar-refractivity contribution in [2.24, 2.45) is 12.8 Å². The highest BCUT2D eigenvalue weighted by Crippen LogP contribution is 2.27. The molecule has 0 aliphatic rings. The van der Waals surface area contributed by atoms with Crippen LogP contribution in [0.3, 0.4) is 0 Å². The first-order chi connectivity index (χ1) is 7.68. The lowest BCUT2D eigenvalue weighted by Crippen LogP contribution is -2.37. The van der Waals surface area contributed by atoms with Crippen LogP contribution in [0.5, 0.6) is 0 Å². The van der Waals surface area contributed by atoms with Gasteiger partial charge in [-0.2, -0.15) is 5.10 Å². The number of aryl methyl sites for hydroxylation is 1. The Labute approximate surface area is 94.3 Å². The third-order valence-corrected chi connectivity index (χ3v) is 2.79. The van der Waals surface area contributed by atoms with E-state index < -0.39 is 5.60 Å². The first-order valence-electron chi connectivity index (χ1n) is 5.15. The summed E-state index contributed by atoms with van der Waals surface area (Å²) >= 11 is 0. The zero-order valence-electron chi connectivity index (χ0n) is 9.17. The highest BCUT2D eigenvalue weighted by molar-refractivity contribution is 5.32. The van der Waals surface area contributed by atoms with Gasteiger partial charge >= 0.3 is 0 Å². The molecule has 0 bridgehead atoms. The summed E-state index contributed by atoms with van der Waals surface area (Å²) in [5.41, 5.74) is 6.01. The Bertz CT molecular complexity index is 466. The van der Waals surface area contributed by atoms with Crippen molar-refractivity contribution < 1.29 is 5.11 Å². The second-order valence-electron chi connectivity index (χ2n) is 3.77. The van der Waals surface area contributed by atoms with E-state index in [-0.39, 0.29) is 6.54 Å². The van der Waals surface area contributed by atoms with E-state index in [0.717, 1.165) is 5.56 Å². The Morgan fingerprint density at radius 2 is 2.00 bits per heavy atom. The molecule has 0 aliphatic carbocycles. The molecule has 84 valence electrons. The molecule has 4 heteroatoms. The van der Waals surface area contributed by atoms with E-state index in [4.69, 9.17) is 5.73 Å². The molecule has 0 saturated carbocycles. The molecule has 0 aliphatic heterocycles. The maximum Gasteiger partial charge on any atom is 0.143 e. The van der Waals surface area contributed by atoms with Gasteiger partial charge in [-0.05, 0) is 11.6 Å². The smallest absolute Gasteiger partial charge is 0.143 e. The molecular formula is C12H15N3O. The first kappa shape index (κ1) is 10.9. The van der Waals surface area contributed by atoms with Crippen LogP contribution in [0, 0.1) is 0 Å². The van der Waals surface area contributed by atoms with Crippen LogP contribution in [-0.2, 0) is 12.6 Å². The van der Waals surface area contributed by atoms with Crippen molar-refractivity contribution in [1.82, 2.24) is 9.78 Å². The van der Waals surface area contributed by atoms with Gasteiger partial charge in [0.2, 0.25) is 0 Å². The van der Waals surface area contributed by atoms with Gasteiger partial charge in [-0.1, -0.05) is 30.3 Å². The maximum atomic E-state index is 10.6. The Kier molecular flexibility index (Phi) is 2.77. The molecule has 0 amide bonds.